The second kappa shape index (κ2) is 5.41. The lowest BCUT2D eigenvalue weighted by atomic mass is 10.2. The fourth-order valence-electron chi connectivity index (χ4n) is 1.33. The number of ether oxygens (including phenoxy) is 2. The van der Waals surface area contributed by atoms with Crippen LogP contribution in [0.4, 0.5) is 0 Å². The lowest BCUT2D eigenvalue weighted by Crippen LogP contribution is -2.40. The Kier molecular flexibility index (Phi) is 4.46. The number of rotatable bonds is 5. The maximum Gasteiger partial charge on any atom is 0.224 e. The van der Waals surface area contributed by atoms with Gasteiger partial charge in [0.15, 0.2) is 5.90 Å². The number of nitrogens with zero attached hydrogens (tertiary/aromatic N) is 1. The fraction of sp³-hybridized carbons (Fsp3) is 0.889. The molecule has 0 saturated heterocycles. The van der Waals surface area contributed by atoms with Crippen LogP contribution < -0.4 is 0 Å². The number of aliphatic hydroxyl groups is 3. The summed E-state index contributed by atoms with van der Waals surface area (Å²) in [5.74, 6) is 0.516. The second-order valence-corrected chi connectivity index (χ2v) is 3.48. The van der Waals surface area contributed by atoms with Gasteiger partial charge in [-0.3, -0.25) is 0 Å². The van der Waals surface area contributed by atoms with Crippen molar-refractivity contribution < 1.29 is 24.8 Å². The largest absolute Gasteiger partial charge is 0.450 e. The fourth-order valence-corrected chi connectivity index (χ4v) is 1.33. The van der Waals surface area contributed by atoms with Gasteiger partial charge >= 0.3 is 0 Å². The van der Waals surface area contributed by atoms with E-state index < -0.39 is 25.1 Å². The first-order chi connectivity index (χ1) is 7.08. The topological polar surface area (TPSA) is 91.5 Å². The summed E-state index contributed by atoms with van der Waals surface area (Å²) in [7, 11) is 0. The molecule has 1 aliphatic heterocycles. The van der Waals surface area contributed by atoms with E-state index in [1.54, 1.807) is 13.8 Å². The van der Waals surface area contributed by atoms with Gasteiger partial charge in [0, 0.05) is 6.92 Å². The molecule has 0 amide bonds. The monoisotopic (exact) mass is 219 g/mol. The molecule has 4 atom stereocenters. The standard InChI is InChI=1S/C9H17NO5/c1-5-9(14-6(2)10-5)15-8(4-12)7(13)3-11/h5,7-9,11-13H,3-4H2,1-2H3/t5-,7-,8?,9-/m0/s1. The zero-order valence-electron chi connectivity index (χ0n) is 8.83. The molecule has 0 aromatic rings. The third kappa shape index (κ3) is 3.13. The Labute approximate surface area is 88.2 Å². The molecule has 0 fully saturated rings. The molecule has 0 aliphatic carbocycles. The van der Waals surface area contributed by atoms with Gasteiger partial charge in [0.25, 0.3) is 0 Å². The van der Waals surface area contributed by atoms with Gasteiger partial charge in [-0.1, -0.05) is 0 Å². The van der Waals surface area contributed by atoms with Gasteiger partial charge in [-0.05, 0) is 6.92 Å². The summed E-state index contributed by atoms with van der Waals surface area (Å²) in [5.41, 5.74) is 0. The SMILES string of the molecule is CC1=N[C@@H](C)[C@H](OC(CO)[C@@H](O)CO)O1. The van der Waals surface area contributed by atoms with Crippen LogP contribution >= 0.6 is 0 Å². The molecule has 1 heterocycles. The first-order valence-corrected chi connectivity index (χ1v) is 4.84. The Balaban J connectivity index is 2.46. The van der Waals surface area contributed by atoms with Crippen molar-refractivity contribution in [2.75, 3.05) is 13.2 Å². The van der Waals surface area contributed by atoms with Crippen LogP contribution in [-0.4, -0.2) is 59.0 Å². The number of aliphatic hydroxyl groups excluding tert-OH is 3. The van der Waals surface area contributed by atoms with Crippen LogP contribution in [-0.2, 0) is 9.47 Å². The minimum atomic E-state index is -1.12. The van der Waals surface area contributed by atoms with Crippen molar-refractivity contribution in [3.8, 4) is 0 Å². The third-order valence-corrected chi connectivity index (χ3v) is 2.17. The summed E-state index contributed by atoms with van der Waals surface area (Å²) in [6, 6.07) is -0.176. The maximum absolute atomic E-state index is 9.30. The highest BCUT2D eigenvalue weighted by Crippen LogP contribution is 2.17. The summed E-state index contributed by atoms with van der Waals surface area (Å²) in [4.78, 5) is 4.09. The van der Waals surface area contributed by atoms with E-state index in [0.29, 0.717) is 5.90 Å². The van der Waals surface area contributed by atoms with Crippen LogP contribution in [0.15, 0.2) is 4.99 Å². The molecule has 0 saturated carbocycles. The molecule has 3 N–H and O–H groups in total. The van der Waals surface area contributed by atoms with Gasteiger partial charge in [0.05, 0.1) is 13.2 Å². The Morgan fingerprint density at radius 3 is 2.53 bits per heavy atom. The van der Waals surface area contributed by atoms with Crippen LogP contribution in [0.5, 0.6) is 0 Å². The van der Waals surface area contributed by atoms with Crippen LogP contribution in [0.2, 0.25) is 0 Å². The van der Waals surface area contributed by atoms with Gasteiger partial charge in [-0.2, -0.15) is 0 Å². The van der Waals surface area contributed by atoms with Gasteiger partial charge < -0.3 is 24.8 Å². The average molecular weight is 219 g/mol. The molecule has 6 nitrogen and oxygen atoms in total. The van der Waals surface area contributed by atoms with E-state index in [0.717, 1.165) is 0 Å². The predicted octanol–water partition coefficient (Wildman–Crippen LogP) is -1.12. The average Bonchev–Trinajstić information content (AvgIpc) is 2.52. The molecule has 0 radical (unpaired) electrons. The molecular formula is C9H17NO5. The van der Waals surface area contributed by atoms with Crippen molar-refractivity contribution in [3.63, 3.8) is 0 Å². The molecule has 0 bridgehead atoms. The summed E-state index contributed by atoms with van der Waals surface area (Å²) in [6.45, 7) is 2.66. The van der Waals surface area contributed by atoms with Gasteiger partial charge in [0.1, 0.15) is 18.2 Å². The van der Waals surface area contributed by atoms with Crippen LogP contribution in [0.25, 0.3) is 0 Å². The quantitative estimate of drug-likeness (QED) is 0.545. The van der Waals surface area contributed by atoms with Crippen molar-refractivity contribution in [2.45, 2.75) is 38.4 Å². The zero-order chi connectivity index (χ0) is 11.4. The highest BCUT2D eigenvalue weighted by atomic mass is 16.7. The third-order valence-electron chi connectivity index (χ3n) is 2.17. The van der Waals surface area contributed by atoms with E-state index in [2.05, 4.69) is 4.99 Å². The van der Waals surface area contributed by atoms with Crippen LogP contribution in [0, 0.1) is 0 Å². The molecule has 0 aromatic heterocycles. The number of hydrogen-bond acceptors (Lipinski definition) is 6. The van der Waals surface area contributed by atoms with Gasteiger partial charge in [-0.15, -0.1) is 0 Å². The lowest BCUT2D eigenvalue weighted by Gasteiger charge is -2.24. The van der Waals surface area contributed by atoms with Gasteiger partial charge in [-0.25, -0.2) is 4.99 Å². The molecule has 1 unspecified atom stereocenters. The van der Waals surface area contributed by atoms with E-state index in [1.807, 2.05) is 0 Å². The molecule has 0 aromatic carbocycles. The van der Waals surface area contributed by atoms with Crippen molar-refractivity contribution in [1.82, 2.24) is 0 Å². The molecule has 6 heteroatoms. The molecule has 1 rings (SSSR count). The molecule has 15 heavy (non-hydrogen) atoms. The van der Waals surface area contributed by atoms with Crippen molar-refractivity contribution in [3.05, 3.63) is 0 Å². The van der Waals surface area contributed by atoms with Crippen LogP contribution in [0.3, 0.4) is 0 Å². The Hall–Kier alpha value is -0.690. The molecule has 88 valence electrons. The van der Waals surface area contributed by atoms with E-state index in [9.17, 15) is 5.11 Å². The first-order valence-electron chi connectivity index (χ1n) is 4.84. The van der Waals surface area contributed by atoms with Crippen molar-refractivity contribution in [1.29, 1.82) is 0 Å². The number of hydrogen-bond donors (Lipinski definition) is 3. The molecule has 1 aliphatic rings. The Morgan fingerprint density at radius 1 is 1.47 bits per heavy atom. The molecule has 0 spiro atoms. The van der Waals surface area contributed by atoms with Crippen LogP contribution in [0.1, 0.15) is 13.8 Å². The highest BCUT2D eigenvalue weighted by molar-refractivity contribution is 5.74. The molecular weight excluding hydrogens is 202 g/mol. The Morgan fingerprint density at radius 2 is 2.13 bits per heavy atom. The summed E-state index contributed by atoms with van der Waals surface area (Å²) in [6.07, 6.45) is -2.58. The Bertz CT molecular complexity index is 233. The minimum absolute atomic E-state index is 0.176. The first kappa shape index (κ1) is 12.4. The van der Waals surface area contributed by atoms with Crippen molar-refractivity contribution in [2.24, 2.45) is 4.99 Å². The summed E-state index contributed by atoms with van der Waals surface area (Å²) < 4.78 is 10.5. The van der Waals surface area contributed by atoms with Gasteiger partial charge in [0.2, 0.25) is 6.29 Å². The summed E-state index contributed by atoms with van der Waals surface area (Å²) >= 11 is 0. The van der Waals surface area contributed by atoms with Crippen molar-refractivity contribution >= 4 is 5.90 Å². The zero-order valence-corrected chi connectivity index (χ0v) is 8.83. The van der Waals surface area contributed by atoms with E-state index in [1.165, 1.54) is 0 Å². The van der Waals surface area contributed by atoms with E-state index in [4.69, 9.17) is 19.7 Å². The smallest absolute Gasteiger partial charge is 0.224 e. The number of aliphatic imine (C=N–C) groups is 1. The summed E-state index contributed by atoms with van der Waals surface area (Å²) in [5, 5.41) is 27.0. The normalized spacial score (nSPS) is 29.5. The minimum Gasteiger partial charge on any atom is -0.450 e. The predicted molar refractivity (Wildman–Crippen MR) is 52.5 cm³/mol. The lowest BCUT2D eigenvalue weighted by molar-refractivity contribution is -0.172. The second-order valence-electron chi connectivity index (χ2n) is 3.48. The highest BCUT2D eigenvalue weighted by Gasteiger charge is 2.31. The maximum atomic E-state index is 9.30. The van der Waals surface area contributed by atoms with E-state index in [-0.39, 0.29) is 12.6 Å². The van der Waals surface area contributed by atoms with E-state index >= 15 is 0 Å².